The van der Waals surface area contributed by atoms with E-state index in [9.17, 15) is 0 Å². The average molecular weight is 286 g/mol. The molecule has 0 N–H and O–H groups in total. The summed E-state index contributed by atoms with van der Waals surface area (Å²) in [7, 11) is 1.67. The summed E-state index contributed by atoms with van der Waals surface area (Å²) < 4.78 is 5.20. The third kappa shape index (κ3) is 2.07. The first-order chi connectivity index (χ1) is 10.8. The predicted octanol–water partition coefficient (Wildman–Crippen LogP) is 4.46. The molecule has 0 unspecified atom stereocenters. The second-order valence-corrected chi connectivity index (χ2v) is 5.14. The van der Waals surface area contributed by atoms with Gasteiger partial charge in [0.2, 0.25) is 0 Å². The lowest BCUT2D eigenvalue weighted by Crippen LogP contribution is -1.89. The maximum atomic E-state index is 5.20. The van der Waals surface area contributed by atoms with Gasteiger partial charge in [-0.15, -0.1) is 0 Å². The summed E-state index contributed by atoms with van der Waals surface area (Å²) in [4.78, 5) is 9.31. The van der Waals surface area contributed by atoms with Gasteiger partial charge in [0.05, 0.1) is 23.8 Å². The van der Waals surface area contributed by atoms with Crippen molar-refractivity contribution in [3.63, 3.8) is 0 Å². The third-order valence-electron chi connectivity index (χ3n) is 3.82. The van der Waals surface area contributed by atoms with Crippen LogP contribution in [0.15, 0.2) is 66.9 Å². The maximum Gasteiger partial charge on any atom is 0.118 e. The highest BCUT2D eigenvalue weighted by Gasteiger charge is 2.06. The maximum absolute atomic E-state index is 5.20. The Kier molecular flexibility index (Phi) is 2.97. The molecule has 0 bridgehead atoms. The summed E-state index contributed by atoms with van der Waals surface area (Å²) in [6.07, 6.45) is 1.81. The minimum atomic E-state index is 0.844. The number of ether oxygens (including phenoxy) is 1. The molecule has 3 heteroatoms. The normalized spacial score (nSPS) is 11.0. The Bertz CT molecular complexity index is 962. The molecule has 2 aromatic heterocycles. The Morgan fingerprint density at radius 2 is 1.50 bits per heavy atom. The lowest BCUT2D eigenvalue weighted by Gasteiger charge is -2.06. The van der Waals surface area contributed by atoms with E-state index in [1.165, 1.54) is 0 Å². The fraction of sp³-hybridized carbons (Fsp3) is 0.0526. The predicted molar refractivity (Wildman–Crippen MR) is 89.0 cm³/mol. The summed E-state index contributed by atoms with van der Waals surface area (Å²) in [5.74, 6) is 0.844. The molecule has 106 valence electrons. The van der Waals surface area contributed by atoms with E-state index in [2.05, 4.69) is 29.2 Å². The summed E-state index contributed by atoms with van der Waals surface area (Å²) in [5, 5.41) is 2.21. The number of rotatable bonds is 2. The monoisotopic (exact) mass is 286 g/mol. The molecule has 0 aliphatic heterocycles. The highest BCUT2D eigenvalue weighted by atomic mass is 16.5. The van der Waals surface area contributed by atoms with Gasteiger partial charge in [-0.25, -0.2) is 4.98 Å². The van der Waals surface area contributed by atoms with Crippen molar-refractivity contribution in [2.24, 2.45) is 0 Å². The molecule has 0 saturated heterocycles. The van der Waals surface area contributed by atoms with E-state index in [-0.39, 0.29) is 0 Å². The minimum absolute atomic E-state index is 0.844. The van der Waals surface area contributed by atoms with E-state index in [1.807, 2.05) is 42.6 Å². The van der Waals surface area contributed by atoms with E-state index in [0.29, 0.717) is 0 Å². The van der Waals surface area contributed by atoms with Gasteiger partial charge in [-0.2, -0.15) is 0 Å². The standard InChI is InChI=1S/C19H14N2O/c1-22-16-9-6-13(7-10-16)17-11-8-15-5-4-14-3-2-12-20-18(14)19(15)21-17/h2-12H,1H3. The zero-order valence-corrected chi connectivity index (χ0v) is 12.2. The van der Waals surface area contributed by atoms with Crippen molar-refractivity contribution in [1.29, 1.82) is 0 Å². The molecule has 0 radical (unpaired) electrons. The van der Waals surface area contributed by atoms with Crippen LogP contribution < -0.4 is 4.74 Å². The first-order valence-electron chi connectivity index (χ1n) is 7.14. The fourth-order valence-electron chi connectivity index (χ4n) is 2.65. The van der Waals surface area contributed by atoms with Crippen LogP contribution in [0.5, 0.6) is 5.75 Å². The smallest absolute Gasteiger partial charge is 0.118 e. The van der Waals surface area contributed by atoms with Gasteiger partial charge >= 0.3 is 0 Å². The van der Waals surface area contributed by atoms with Gasteiger partial charge in [0.1, 0.15) is 5.75 Å². The highest BCUT2D eigenvalue weighted by Crippen LogP contribution is 2.26. The van der Waals surface area contributed by atoms with Gasteiger partial charge in [-0.3, -0.25) is 4.98 Å². The third-order valence-corrected chi connectivity index (χ3v) is 3.82. The zero-order valence-electron chi connectivity index (χ0n) is 12.2. The van der Waals surface area contributed by atoms with Crippen LogP contribution in [0.4, 0.5) is 0 Å². The molecule has 3 nitrogen and oxygen atoms in total. The summed E-state index contributed by atoms with van der Waals surface area (Å²) in [6, 6.07) is 20.2. The van der Waals surface area contributed by atoms with Crippen molar-refractivity contribution in [2.75, 3.05) is 7.11 Å². The fourth-order valence-corrected chi connectivity index (χ4v) is 2.65. The largest absolute Gasteiger partial charge is 0.497 e. The number of hydrogen-bond donors (Lipinski definition) is 0. The number of nitrogens with zero attached hydrogens (tertiary/aromatic N) is 2. The van der Waals surface area contributed by atoms with Gasteiger partial charge in [-0.05, 0) is 36.4 Å². The zero-order chi connectivity index (χ0) is 14.9. The van der Waals surface area contributed by atoms with Crippen molar-refractivity contribution in [3.8, 4) is 17.0 Å². The van der Waals surface area contributed by atoms with Crippen LogP contribution in [-0.4, -0.2) is 17.1 Å². The Balaban J connectivity index is 1.93. The molecule has 0 aliphatic carbocycles. The molecular formula is C19H14N2O. The molecule has 2 aromatic carbocycles. The van der Waals surface area contributed by atoms with E-state index >= 15 is 0 Å². The number of benzene rings is 2. The highest BCUT2D eigenvalue weighted by molar-refractivity contribution is 6.03. The molecule has 0 fully saturated rings. The Hall–Kier alpha value is -2.94. The second kappa shape index (κ2) is 5.11. The van der Waals surface area contributed by atoms with Crippen LogP contribution in [0.2, 0.25) is 0 Å². The second-order valence-electron chi connectivity index (χ2n) is 5.14. The van der Waals surface area contributed by atoms with E-state index in [1.54, 1.807) is 7.11 Å². The van der Waals surface area contributed by atoms with Gasteiger partial charge in [0.25, 0.3) is 0 Å². The first-order valence-corrected chi connectivity index (χ1v) is 7.14. The van der Waals surface area contributed by atoms with Crippen LogP contribution in [0.25, 0.3) is 33.1 Å². The molecule has 0 atom stereocenters. The molecule has 0 saturated carbocycles. The lowest BCUT2D eigenvalue weighted by atomic mass is 10.1. The summed E-state index contributed by atoms with van der Waals surface area (Å²) >= 11 is 0. The van der Waals surface area contributed by atoms with Crippen molar-refractivity contribution >= 4 is 21.8 Å². The Morgan fingerprint density at radius 1 is 0.773 bits per heavy atom. The molecule has 0 aliphatic rings. The van der Waals surface area contributed by atoms with E-state index in [4.69, 9.17) is 9.72 Å². The summed E-state index contributed by atoms with van der Waals surface area (Å²) in [5.41, 5.74) is 3.88. The average Bonchev–Trinajstić information content (AvgIpc) is 2.61. The first kappa shape index (κ1) is 12.8. The van der Waals surface area contributed by atoms with Gasteiger partial charge < -0.3 is 4.74 Å². The van der Waals surface area contributed by atoms with Gasteiger partial charge in [-0.1, -0.05) is 24.3 Å². The molecule has 4 aromatic rings. The Morgan fingerprint density at radius 3 is 2.27 bits per heavy atom. The van der Waals surface area contributed by atoms with Crippen LogP contribution >= 0.6 is 0 Å². The van der Waals surface area contributed by atoms with E-state index < -0.39 is 0 Å². The van der Waals surface area contributed by atoms with Crippen molar-refractivity contribution in [1.82, 2.24) is 9.97 Å². The number of pyridine rings is 2. The molecule has 0 spiro atoms. The van der Waals surface area contributed by atoms with Crippen molar-refractivity contribution in [3.05, 3.63) is 66.9 Å². The van der Waals surface area contributed by atoms with Crippen LogP contribution in [0, 0.1) is 0 Å². The number of methoxy groups -OCH3 is 1. The number of aromatic nitrogens is 2. The van der Waals surface area contributed by atoms with Gasteiger partial charge in [0.15, 0.2) is 0 Å². The number of hydrogen-bond acceptors (Lipinski definition) is 3. The molecule has 22 heavy (non-hydrogen) atoms. The van der Waals surface area contributed by atoms with E-state index in [0.717, 1.165) is 38.8 Å². The summed E-state index contributed by atoms with van der Waals surface area (Å²) in [6.45, 7) is 0. The minimum Gasteiger partial charge on any atom is -0.497 e. The Labute approximate surface area is 128 Å². The van der Waals surface area contributed by atoms with Crippen LogP contribution in [0.1, 0.15) is 0 Å². The molecule has 4 rings (SSSR count). The quantitative estimate of drug-likeness (QED) is 0.510. The van der Waals surface area contributed by atoms with Crippen molar-refractivity contribution in [2.45, 2.75) is 0 Å². The lowest BCUT2D eigenvalue weighted by molar-refractivity contribution is 0.415. The SMILES string of the molecule is COc1ccc(-c2ccc3ccc4cccnc4c3n2)cc1. The molecular weight excluding hydrogens is 272 g/mol. The topological polar surface area (TPSA) is 35.0 Å². The number of fused-ring (bicyclic) bond motifs is 3. The van der Waals surface area contributed by atoms with Crippen LogP contribution in [-0.2, 0) is 0 Å². The molecule has 2 heterocycles. The molecule has 0 amide bonds. The van der Waals surface area contributed by atoms with Gasteiger partial charge in [0, 0.05) is 22.5 Å². The van der Waals surface area contributed by atoms with Crippen molar-refractivity contribution < 1.29 is 4.74 Å². The van der Waals surface area contributed by atoms with Crippen LogP contribution in [0.3, 0.4) is 0 Å².